The van der Waals surface area contributed by atoms with Crippen molar-refractivity contribution in [2.75, 3.05) is 13.7 Å². The monoisotopic (exact) mass is 424 g/mol. The summed E-state index contributed by atoms with van der Waals surface area (Å²) in [4.78, 5) is 4.60. The van der Waals surface area contributed by atoms with Crippen LogP contribution in [0.5, 0.6) is 0 Å². The third-order valence-electron chi connectivity index (χ3n) is 3.55. The van der Waals surface area contributed by atoms with Crippen molar-refractivity contribution in [3.8, 4) is 0 Å². The first kappa shape index (κ1) is 17.0. The molecule has 2 atom stereocenters. The second kappa shape index (κ2) is 6.79. The number of nitrogens with zero attached hydrogens (tertiary/aromatic N) is 2. The van der Waals surface area contributed by atoms with Crippen LogP contribution in [0.4, 0.5) is 4.39 Å². The number of alkyl halides is 1. The summed E-state index contributed by atoms with van der Waals surface area (Å²) in [5.74, 6) is 0.834. The summed E-state index contributed by atoms with van der Waals surface area (Å²) in [7, 11) is 1.67. The molecule has 2 rings (SSSR count). The number of halogens is 3. The quantitative estimate of drug-likeness (QED) is 0.503. The lowest BCUT2D eigenvalue weighted by Crippen LogP contribution is -2.22. The first-order valence-electron chi connectivity index (χ1n) is 6.86. The first-order chi connectivity index (χ1) is 9.86. The topological polar surface area (TPSA) is 27.1 Å². The van der Waals surface area contributed by atoms with Gasteiger partial charge < -0.3 is 9.30 Å². The summed E-state index contributed by atoms with van der Waals surface area (Å²) in [6, 6.07) is 3.36. The molecule has 0 N–H and O–H groups in total. The molecule has 0 bridgehead atoms. The number of methoxy groups -OCH3 is 1. The summed E-state index contributed by atoms with van der Waals surface area (Å²) in [5.41, 5.74) is 1.54. The zero-order valence-corrected chi connectivity index (χ0v) is 15.4. The zero-order chi connectivity index (χ0) is 15.7. The number of benzene rings is 1. The van der Waals surface area contributed by atoms with Gasteiger partial charge in [-0.05, 0) is 41.5 Å². The van der Waals surface area contributed by atoms with Gasteiger partial charge in [0.2, 0.25) is 0 Å². The minimum atomic E-state index is -0.253. The van der Waals surface area contributed by atoms with Crippen LogP contribution in [-0.4, -0.2) is 23.3 Å². The molecule has 3 nitrogen and oxygen atoms in total. The molecule has 0 amide bonds. The van der Waals surface area contributed by atoms with E-state index in [4.69, 9.17) is 16.3 Å². The van der Waals surface area contributed by atoms with Crippen LogP contribution in [0, 0.1) is 15.3 Å². The van der Waals surface area contributed by atoms with Gasteiger partial charge in [-0.1, -0.05) is 13.8 Å². The van der Waals surface area contributed by atoms with E-state index in [0.29, 0.717) is 16.1 Å². The largest absolute Gasteiger partial charge is 0.383 e. The van der Waals surface area contributed by atoms with Crippen molar-refractivity contribution in [2.45, 2.75) is 32.2 Å². The van der Waals surface area contributed by atoms with Crippen LogP contribution < -0.4 is 0 Å². The SMILES string of the molecule is COCC(C(C)C)n1c(C(C)Cl)nc2cc(I)c(F)cc21. The molecule has 1 aromatic heterocycles. The van der Waals surface area contributed by atoms with E-state index in [2.05, 4.69) is 18.8 Å². The Hall–Kier alpha value is -0.400. The standard InChI is InChI=1S/C15H19ClFIN2O/c1-8(2)14(7-21-4)20-13-5-10(17)11(18)6-12(13)19-15(20)9(3)16/h5-6,8-9,14H,7H2,1-4H3. The Labute approximate surface area is 143 Å². The summed E-state index contributed by atoms with van der Waals surface area (Å²) in [5, 5.41) is -0.253. The van der Waals surface area contributed by atoms with E-state index < -0.39 is 0 Å². The van der Waals surface area contributed by atoms with Gasteiger partial charge in [0, 0.05) is 13.2 Å². The van der Waals surface area contributed by atoms with Crippen LogP contribution in [0.15, 0.2) is 12.1 Å². The molecule has 0 fully saturated rings. The average molecular weight is 425 g/mol. The highest BCUT2D eigenvalue weighted by Crippen LogP contribution is 2.32. The molecule has 1 aromatic carbocycles. The van der Waals surface area contributed by atoms with Gasteiger partial charge in [0.05, 0.1) is 32.6 Å². The number of hydrogen-bond donors (Lipinski definition) is 0. The highest BCUT2D eigenvalue weighted by molar-refractivity contribution is 14.1. The minimum Gasteiger partial charge on any atom is -0.383 e. The van der Waals surface area contributed by atoms with Crippen LogP contribution in [0.1, 0.15) is 38.0 Å². The fourth-order valence-corrected chi connectivity index (χ4v) is 3.08. The van der Waals surface area contributed by atoms with Gasteiger partial charge in [-0.2, -0.15) is 0 Å². The molecule has 0 saturated heterocycles. The van der Waals surface area contributed by atoms with Crippen LogP contribution >= 0.6 is 34.2 Å². The van der Waals surface area contributed by atoms with Crippen molar-refractivity contribution in [3.05, 3.63) is 27.3 Å². The Balaban J connectivity index is 2.73. The number of aromatic nitrogens is 2. The normalized spacial score (nSPS) is 14.9. The molecule has 1 heterocycles. The lowest BCUT2D eigenvalue weighted by Gasteiger charge is -2.25. The van der Waals surface area contributed by atoms with Gasteiger partial charge in [-0.15, -0.1) is 11.6 Å². The van der Waals surface area contributed by atoms with Gasteiger partial charge in [0.1, 0.15) is 11.6 Å². The third-order valence-corrected chi connectivity index (χ3v) is 4.58. The van der Waals surface area contributed by atoms with E-state index in [1.54, 1.807) is 13.2 Å². The van der Waals surface area contributed by atoms with Crippen molar-refractivity contribution in [1.29, 1.82) is 0 Å². The van der Waals surface area contributed by atoms with Crippen molar-refractivity contribution in [2.24, 2.45) is 5.92 Å². The Morgan fingerprint density at radius 2 is 2.05 bits per heavy atom. The number of fused-ring (bicyclic) bond motifs is 1. The summed E-state index contributed by atoms with van der Waals surface area (Å²) in [6.45, 7) is 6.64. The summed E-state index contributed by atoms with van der Waals surface area (Å²) >= 11 is 8.26. The van der Waals surface area contributed by atoms with Gasteiger partial charge in [0.15, 0.2) is 0 Å². The van der Waals surface area contributed by atoms with Crippen LogP contribution in [0.2, 0.25) is 0 Å². The second-order valence-corrected chi connectivity index (χ2v) is 7.29. The molecule has 0 aliphatic rings. The zero-order valence-electron chi connectivity index (χ0n) is 12.5. The maximum absolute atomic E-state index is 14.0. The predicted octanol–water partition coefficient (Wildman–Crippen LogP) is 4.92. The van der Waals surface area contributed by atoms with Crippen LogP contribution in [0.3, 0.4) is 0 Å². The van der Waals surface area contributed by atoms with Crippen LogP contribution in [-0.2, 0) is 4.74 Å². The maximum Gasteiger partial charge on any atom is 0.138 e. The van der Waals surface area contributed by atoms with E-state index in [1.807, 2.05) is 34.1 Å². The Morgan fingerprint density at radius 3 is 2.57 bits per heavy atom. The van der Waals surface area contributed by atoms with Gasteiger partial charge >= 0.3 is 0 Å². The lowest BCUT2D eigenvalue weighted by molar-refractivity contribution is 0.133. The van der Waals surface area contributed by atoms with E-state index in [9.17, 15) is 4.39 Å². The molecular formula is C15H19ClFIN2O. The molecule has 0 spiro atoms. The van der Waals surface area contributed by atoms with Crippen molar-refractivity contribution < 1.29 is 9.13 Å². The molecule has 0 saturated carbocycles. The Bertz CT molecular complexity index is 642. The molecule has 2 unspecified atom stereocenters. The number of imidazole rings is 1. The summed E-state index contributed by atoms with van der Waals surface area (Å²) < 4.78 is 21.9. The Morgan fingerprint density at radius 1 is 1.38 bits per heavy atom. The fraction of sp³-hybridized carbons (Fsp3) is 0.533. The Kier molecular flexibility index (Phi) is 5.48. The van der Waals surface area contributed by atoms with E-state index in [1.165, 1.54) is 6.07 Å². The van der Waals surface area contributed by atoms with Gasteiger partial charge in [-0.3, -0.25) is 0 Å². The van der Waals surface area contributed by atoms with Gasteiger partial charge in [0.25, 0.3) is 0 Å². The van der Waals surface area contributed by atoms with Crippen molar-refractivity contribution >= 4 is 45.2 Å². The molecule has 116 valence electrons. The van der Waals surface area contributed by atoms with Crippen molar-refractivity contribution in [1.82, 2.24) is 9.55 Å². The average Bonchev–Trinajstić information content (AvgIpc) is 2.75. The molecular weight excluding hydrogens is 406 g/mol. The molecule has 2 aromatic rings. The number of rotatable bonds is 5. The molecule has 0 aliphatic heterocycles. The minimum absolute atomic E-state index is 0.0654. The van der Waals surface area contributed by atoms with Gasteiger partial charge in [-0.25, -0.2) is 9.37 Å². The molecule has 0 radical (unpaired) electrons. The first-order valence-corrected chi connectivity index (χ1v) is 8.38. The number of hydrogen-bond acceptors (Lipinski definition) is 2. The maximum atomic E-state index is 14.0. The number of ether oxygens (including phenoxy) is 1. The smallest absolute Gasteiger partial charge is 0.138 e. The summed E-state index contributed by atoms with van der Waals surface area (Å²) in [6.07, 6.45) is 0. The third kappa shape index (κ3) is 3.35. The van der Waals surface area contributed by atoms with Crippen molar-refractivity contribution in [3.63, 3.8) is 0 Å². The highest BCUT2D eigenvalue weighted by atomic mass is 127. The van der Waals surface area contributed by atoms with E-state index in [-0.39, 0.29) is 17.2 Å². The highest BCUT2D eigenvalue weighted by Gasteiger charge is 2.25. The molecule has 21 heavy (non-hydrogen) atoms. The molecule has 6 heteroatoms. The molecule has 0 aliphatic carbocycles. The lowest BCUT2D eigenvalue weighted by atomic mass is 10.0. The fourth-order valence-electron chi connectivity index (χ4n) is 2.47. The van der Waals surface area contributed by atoms with E-state index >= 15 is 0 Å². The van der Waals surface area contributed by atoms with E-state index in [0.717, 1.165) is 16.9 Å². The predicted molar refractivity (Wildman–Crippen MR) is 92.4 cm³/mol. The van der Waals surface area contributed by atoms with Crippen LogP contribution in [0.25, 0.3) is 11.0 Å². The second-order valence-electron chi connectivity index (χ2n) is 5.48.